The van der Waals surface area contributed by atoms with Gasteiger partial charge in [0.15, 0.2) is 0 Å². The minimum absolute atomic E-state index is 0.301. The van der Waals surface area contributed by atoms with Crippen LogP contribution >= 0.6 is 0 Å². The Morgan fingerprint density at radius 2 is 1.74 bits per heavy atom. The van der Waals surface area contributed by atoms with Gasteiger partial charge < -0.3 is 10.1 Å². The smallest absolute Gasteiger partial charge is 0.0558 e. The van der Waals surface area contributed by atoms with Crippen molar-refractivity contribution in [3.8, 4) is 0 Å². The molecule has 0 saturated carbocycles. The van der Waals surface area contributed by atoms with E-state index in [1.54, 1.807) is 7.11 Å². The first kappa shape index (κ1) is 16.2. The maximum Gasteiger partial charge on any atom is 0.0558 e. The van der Waals surface area contributed by atoms with E-state index in [4.69, 9.17) is 4.74 Å². The summed E-state index contributed by atoms with van der Waals surface area (Å²) in [5.74, 6) is 0. The third kappa shape index (κ3) is 4.96. The highest BCUT2D eigenvalue weighted by Gasteiger charge is 2.15. The molecule has 2 atom stereocenters. The molecule has 2 unspecified atom stereocenters. The molecule has 1 aromatic rings. The van der Waals surface area contributed by atoms with Gasteiger partial charge in [-0.3, -0.25) is 0 Å². The molecule has 0 bridgehead atoms. The molecule has 0 spiro atoms. The Labute approximate surface area is 118 Å². The third-order valence-corrected chi connectivity index (χ3v) is 3.80. The van der Waals surface area contributed by atoms with E-state index in [1.165, 1.54) is 22.3 Å². The molecule has 0 amide bonds. The molecular formula is C17H29NO. The molecule has 0 fully saturated rings. The molecule has 1 N–H and O–H groups in total. The average molecular weight is 263 g/mol. The number of methoxy groups -OCH3 is 1. The van der Waals surface area contributed by atoms with Crippen molar-refractivity contribution in [1.82, 2.24) is 5.32 Å². The predicted octanol–water partition coefficient (Wildman–Crippen LogP) is 3.56. The average Bonchev–Trinajstić information content (AvgIpc) is 2.33. The fourth-order valence-electron chi connectivity index (χ4n) is 2.80. The summed E-state index contributed by atoms with van der Waals surface area (Å²) in [6, 6.07) is 5.05. The van der Waals surface area contributed by atoms with Crippen molar-refractivity contribution in [2.45, 2.75) is 59.6 Å². The molecule has 2 heteroatoms. The minimum Gasteiger partial charge on any atom is -0.382 e. The van der Waals surface area contributed by atoms with Crippen LogP contribution in [0.2, 0.25) is 0 Å². The number of ether oxygens (including phenoxy) is 1. The second kappa shape index (κ2) is 7.66. The van der Waals surface area contributed by atoms with Crippen molar-refractivity contribution in [3.63, 3.8) is 0 Å². The van der Waals surface area contributed by atoms with Gasteiger partial charge >= 0.3 is 0 Å². The molecule has 0 aliphatic carbocycles. The molecule has 0 heterocycles. The van der Waals surface area contributed by atoms with Crippen LogP contribution in [0.4, 0.5) is 0 Å². The summed E-state index contributed by atoms with van der Waals surface area (Å²) < 4.78 is 5.40. The van der Waals surface area contributed by atoms with Crippen LogP contribution in [0.1, 0.15) is 42.5 Å². The molecule has 19 heavy (non-hydrogen) atoms. The fourth-order valence-corrected chi connectivity index (χ4v) is 2.80. The van der Waals surface area contributed by atoms with Gasteiger partial charge in [-0.25, -0.2) is 0 Å². The highest BCUT2D eigenvalue weighted by atomic mass is 16.5. The summed E-state index contributed by atoms with van der Waals surface area (Å²) in [5.41, 5.74) is 5.65. The topological polar surface area (TPSA) is 21.3 Å². The predicted molar refractivity (Wildman–Crippen MR) is 82.9 cm³/mol. The second-order valence-electron chi connectivity index (χ2n) is 5.62. The highest BCUT2D eigenvalue weighted by Crippen LogP contribution is 2.19. The van der Waals surface area contributed by atoms with Crippen molar-refractivity contribution in [3.05, 3.63) is 34.4 Å². The Balaban J connectivity index is 2.84. The van der Waals surface area contributed by atoms with Crippen LogP contribution < -0.4 is 5.32 Å². The van der Waals surface area contributed by atoms with E-state index in [9.17, 15) is 0 Å². The molecule has 0 saturated heterocycles. The van der Waals surface area contributed by atoms with Crippen molar-refractivity contribution in [2.24, 2.45) is 0 Å². The van der Waals surface area contributed by atoms with Crippen LogP contribution in [0.3, 0.4) is 0 Å². The van der Waals surface area contributed by atoms with Crippen LogP contribution in [0.5, 0.6) is 0 Å². The number of rotatable bonds is 7. The largest absolute Gasteiger partial charge is 0.382 e. The molecule has 108 valence electrons. The van der Waals surface area contributed by atoms with Crippen LogP contribution in [0.25, 0.3) is 0 Å². The lowest BCUT2D eigenvalue weighted by Gasteiger charge is -2.23. The Kier molecular flexibility index (Phi) is 6.53. The summed E-state index contributed by atoms with van der Waals surface area (Å²) in [6.07, 6.45) is 2.44. The van der Waals surface area contributed by atoms with E-state index in [1.807, 2.05) is 0 Å². The molecule has 2 nitrogen and oxygen atoms in total. The van der Waals surface area contributed by atoms with E-state index >= 15 is 0 Å². The first-order valence-corrected chi connectivity index (χ1v) is 7.30. The number of benzene rings is 1. The van der Waals surface area contributed by atoms with Crippen molar-refractivity contribution in [1.29, 1.82) is 0 Å². The summed E-state index contributed by atoms with van der Waals surface area (Å²) in [6.45, 7) is 11.9. The number of hydrogen-bond acceptors (Lipinski definition) is 2. The lowest BCUT2D eigenvalue weighted by atomic mass is 9.92. The summed E-state index contributed by atoms with van der Waals surface area (Å²) in [5, 5.41) is 3.59. The van der Waals surface area contributed by atoms with E-state index in [0.29, 0.717) is 12.1 Å². The minimum atomic E-state index is 0.301. The first-order chi connectivity index (χ1) is 8.97. The monoisotopic (exact) mass is 263 g/mol. The van der Waals surface area contributed by atoms with Gasteiger partial charge in [-0.05, 0) is 63.8 Å². The molecular weight excluding hydrogens is 234 g/mol. The van der Waals surface area contributed by atoms with E-state index in [0.717, 1.165) is 19.4 Å². The highest BCUT2D eigenvalue weighted by molar-refractivity contribution is 5.38. The number of aryl methyl sites for hydroxylation is 3. The molecule has 0 aliphatic rings. The van der Waals surface area contributed by atoms with Gasteiger partial charge in [-0.1, -0.05) is 24.6 Å². The van der Waals surface area contributed by atoms with E-state index in [-0.39, 0.29) is 0 Å². The van der Waals surface area contributed by atoms with Gasteiger partial charge in [0, 0.05) is 13.2 Å². The van der Waals surface area contributed by atoms with Crippen molar-refractivity contribution in [2.75, 3.05) is 13.7 Å². The van der Waals surface area contributed by atoms with Crippen LogP contribution in [-0.4, -0.2) is 25.8 Å². The molecule has 0 aromatic heterocycles. The van der Waals surface area contributed by atoms with Gasteiger partial charge in [0.1, 0.15) is 0 Å². The quantitative estimate of drug-likeness (QED) is 0.812. The van der Waals surface area contributed by atoms with Gasteiger partial charge in [0.05, 0.1) is 6.10 Å². The Morgan fingerprint density at radius 3 is 2.21 bits per heavy atom. The van der Waals surface area contributed by atoms with Gasteiger partial charge in [-0.15, -0.1) is 0 Å². The maximum atomic E-state index is 5.40. The standard InChI is InChI=1S/C17H29NO/c1-7-18-16(10-15(5)19-6)11-17-13(3)8-12(2)9-14(17)4/h8-9,15-16,18H,7,10-11H2,1-6H3. The Morgan fingerprint density at radius 1 is 1.16 bits per heavy atom. The van der Waals surface area contributed by atoms with Crippen molar-refractivity contribution < 1.29 is 4.74 Å². The second-order valence-corrected chi connectivity index (χ2v) is 5.62. The Hall–Kier alpha value is -0.860. The van der Waals surface area contributed by atoms with Gasteiger partial charge in [0.2, 0.25) is 0 Å². The third-order valence-electron chi connectivity index (χ3n) is 3.80. The first-order valence-electron chi connectivity index (χ1n) is 7.30. The number of hydrogen-bond donors (Lipinski definition) is 1. The molecule has 1 rings (SSSR count). The van der Waals surface area contributed by atoms with Gasteiger partial charge in [0.25, 0.3) is 0 Å². The zero-order chi connectivity index (χ0) is 14.4. The fraction of sp³-hybridized carbons (Fsp3) is 0.647. The van der Waals surface area contributed by atoms with Crippen LogP contribution in [0, 0.1) is 20.8 Å². The van der Waals surface area contributed by atoms with Crippen LogP contribution in [0.15, 0.2) is 12.1 Å². The number of likely N-dealkylation sites (N-methyl/N-ethyl adjacent to an activating group) is 1. The van der Waals surface area contributed by atoms with E-state index in [2.05, 4.69) is 52.1 Å². The number of nitrogens with one attached hydrogen (secondary N) is 1. The van der Waals surface area contributed by atoms with Gasteiger partial charge in [-0.2, -0.15) is 0 Å². The lowest BCUT2D eigenvalue weighted by molar-refractivity contribution is 0.101. The zero-order valence-corrected chi connectivity index (χ0v) is 13.3. The van der Waals surface area contributed by atoms with Crippen LogP contribution in [-0.2, 0) is 11.2 Å². The van der Waals surface area contributed by atoms with Crippen molar-refractivity contribution >= 4 is 0 Å². The molecule has 1 aromatic carbocycles. The van der Waals surface area contributed by atoms with E-state index < -0.39 is 0 Å². The SMILES string of the molecule is CCNC(Cc1c(C)cc(C)cc1C)CC(C)OC. The molecule has 0 aliphatic heterocycles. The normalized spacial score (nSPS) is 14.4. The Bertz CT molecular complexity index is 377. The summed E-state index contributed by atoms with van der Waals surface area (Å²) >= 11 is 0. The zero-order valence-electron chi connectivity index (χ0n) is 13.3. The maximum absolute atomic E-state index is 5.40. The summed E-state index contributed by atoms with van der Waals surface area (Å²) in [4.78, 5) is 0. The molecule has 0 radical (unpaired) electrons. The lowest BCUT2D eigenvalue weighted by Crippen LogP contribution is -2.34. The summed E-state index contributed by atoms with van der Waals surface area (Å²) in [7, 11) is 1.79.